The Morgan fingerprint density at radius 1 is 1.17 bits per heavy atom. The van der Waals surface area contributed by atoms with Crippen molar-refractivity contribution in [1.29, 1.82) is 0 Å². The third kappa shape index (κ3) is 6.13. The lowest BCUT2D eigenvalue weighted by Gasteiger charge is -2.08. The van der Waals surface area contributed by atoms with Crippen molar-refractivity contribution < 1.29 is 23.5 Å². The number of hydrogen-bond donors (Lipinski definition) is 2. The SMILES string of the molecule is NC(=O)c1ccc(OCC(=O)NCCCOCc2ccco2)cc1. The lowest BCUT2D eigenvalue weighted by Crippen LogP contribution is -2.30. The molecule has 0 spiro atoms. The molecule has 2 aromatic rings. The third-order valence-corrected chi connectivity index (χ3v) is 3.12. The van der Waals surface area contributed by atoms with Crippen molar-refractivity contribution in [3.8, 4) is 5.75 Å². The summed E-state index contributed by atoms with van der Waals surface area (Å²) in [4.78, 5) is 22.6. The molecule has 0 bridgehead atoms. The highest BCUT2D eigenvalue weighted by atomic mass is 16.5. The molecule has 0 aliphatic rings. The molecule has 0 unspecified atom stereocenters. The summed E-state index contributed by atoms with van der Waals surface area (Å²) in [7, 11) is 0. The minimum absolute atomic E-state index is 0.0941. The molecule has 1 aromatic heterocycles. The van der Waals surface area contributed by atoms with Crippen LogP contribution in [0, 0.1) is 0 Å². The smallest absolute Gasteiger partial charge is 0.257 e. The first-order valence-electron chi connectivity index (χ1n) is 7.54. The van der Waals surface area contributed by atoms with E-state index in [9.17, 15) is 9.59 Å². The van der Waals surface area contributed by atoms with E-state index in [-0.39, 0.29) is 12.5 Å². The van der Waals surface area contributed by atoms with Gasteiger partial charge in [-0.3, -0.25) is 9.59 Å². The topological polar surface area (TPSA) is 104 Å². The van der Waals surface area contributed by atoms with Gasteiger partial charge in [0, 0.05) is 18.7 Å². The van der Waals surface area contributed by atoms with Gasteiger partial charge in [-0.25, -0.2) is 0 Å². The Labute approximate surface area is 139 Å². The molecule has 2 rings (SSSR count). The summed E-state index contributed by atoms with van der Waals surface area (Å²) in [5.74, 6) is 0.542. The fourth-order valence-electron chi connectivity index (χ4n) is 1.88. The number of furan rings is 1. The first-order valence-corrected chi connectivity index (χ1v) is 7.54. The van der Waals surface area contributed by atoms with Crippen LogP contribution in [0.15, 0.2) is 47.1 Å². The summed E-state index contributed by atoms with van der Waals surface area (Å²) in [5, 5.41) is 2.73. The zero-order chi connectivity index (χ0) is 17.2. The summed E-state index contributed by atoms with van der Waals surface area (Å²) in [6, 6.07) is 9.93. The first-order chi connectivity index (χ1) is 11.6. The van der Waals surface area contributed by atoms with E-state index in [1.807, 2.05) is 6.07 Å². The molecule has 0 atom stereocenters. The van der Waals surface area contributed by atoms with E-state index in [0.717, 1.165) is 5.76 Å². The van der Waals surface area contributed by atoms with Crippen LogP contribution >= 0.6 is 0 Å². The number of benzene rings is 1. The zero-order valence-corrected chi connectivity index (χ0v) is 13.2. The number of primary amides is 1. The monoisotopic (exact) mass is 332 g/mol. The average Bonchev–Trinajstić information content (AvgIpc) is 3.10. The Balaban J connectivity index is 1.54. The number of rotatable bonds is 10. The highest BCUT2D eigenvalue weighted by Crippen LogP contribution is 2.11. The minimum Gasteiger partial charge on any atom is -0.484 e. The maximum absolute atomic E-state index is 11.6. The van der Waals surface area contributed by atoms with E-state index in [1.165, 1.54) is 0 Å². The molecule has 128 valence electrons. The van der Waals surface area contributed by atoms with E-state index >= 15 is 0 Å². The highest BCUT2D eigenvalue weighted by Gasteiger charge is 2.04. The fourth-order valence-corrected chi connectivity index (χ4v) is 1.88. The van der Waals surface area contributed by atoms with Gasteiger partial charge in [0.2, 0.25) is 5.91 Å². The molecule has 7 nitrogen and oxygen atoms in total. The maximum atomic E-state index is 11.6. The number of nitrogens with two attached hydrogens (primary N) is 1. The predicted molar refractivity (Wildman–Crippen MR) is 86.4 cm³/mol. The Hall–Kier alpha value is -2.80. The Morgan fingerprint density at radius 3 is 2.62 bits per heavy atom. The van der Waals surface area contributed by atoms with Crippen LogP contribution in [0.5, 0.6) is 5.75 Å². The summed E-state index contributed by atoms with van der Waals surface area (Å²) in [6.07, 6.45) is 2.29. The van der Waals surface area contributed by atoms with Gasteiger partial charge in [-0.15, -0.1) is 0 Å². The number of hydrogen-bond acceptors (Lipinski definition) is 5. The Bertz CT molecular complexity index is 638. The van der Waals surface area contributed by atoms with Gasteiger partial charge in [0.15, 0.2) is 6.61 Å². The van der Waals surface area contributed by atoms with E-state index in [2.05, 4.69) is 5.32 Å². The molecular weight excluding hydrogens is 312 g/mol. The summed E-state index contributed by atoms with van der Waals surface area (Å²) >= 11 is 0. The molecular formula is C17H20N2O5. The standard InChI is InChI=1S/C17H20N2O5/c18-17(21)13-4-6-14(7-5-13)24-12-16(20)19-8-2-9-22-11-15-3-1-10-23-15/h1,3-7,10H,2,8-9,11-12H2,(H2,18,21)(H,19,20). The Morgan fingerprint density at radius 2 is 1.96 bits per heavy atom. The average molecular weight is 332 g/mol. The van der Waals surface area contributed by atoms with Gasteiger partial charge in [-0.05, 0) is 42.8 Å². The molecule has 0 radical (unpaired) electrons. The van der Waals surface area contributed by atoms with E-state index < -0.39 is 5.91 Å². The number of carbonyl (C=O) groups is 2. The van der Waals surface area contributed by atoms with Gasteiger partial charge < -0.3 is 24.9 Å². The number of ether oxygens (including phenoxy) is 2. The summed E-state index contributed by atoms with van der Waals surface area (Å²) < 4.78 is 15.9. The van der Waals surface area contributed by atoms with Crippen LogP contribution in [-0.4, -0.2) is 31.6 Å². The first kappa shape index (κ1) is 17.6. The second-order valence-electron chi connectivity index (χ2n) is 5.01. The van der Waals surface area contributed by atoms with Crippen molar-refractivity contribution in [1.82, 2.24) is 5.32 Å². The van der Waals surface area contributed by atoms with Crippen molar-refractivity contribution in [2.45, 2.75) is 13.0 Å². The normalized spacial score (nSPS) is 10.3. The van der Waals surface area contributed by atoms with E-state index in [1.54, 1.807) is 36.6 Å². The molecule has 1 aromatic carbocycles. The Kier molecular flexibility index (Phi) is 6.85. The minimum atomic E-state index is -0.506. The lowest BCUT2D eigenvalue weighted by molar-refractivity contribution is -0.123. The predicted octanol–water partition coefficient (Wildman–Crippen LogP) is 1.48. The van der Waals surface area contributed by atoms with Gasteiger partial charge in [0.1, 0.15) is 18.1 Å². The molecule has 0 saturated heterocycles. The van der Waals surface area contributed by atoms with Crippen molar-refractivity contribution in [3.05, 3.63) is 54.0 Å². The maximum Gasteiger partial charge on any atom is 0.257 e. The summed E-state index contributed by atoms with van der Waals surface area (Å²) in [6.45, 7) is 1.35. The molecule has 0 aliphatic carbocycles. The van der Waals surface area contributed by atoms with Crippen LogP contribution in [0.2, 0.25) is 0 Å². The number of nitrogens with one attached hydrogen (secondary N) is 1. The van der Waals surface area contributed by atoms with Gasteiger partial charge in [-0.1, -0.05) is 0 Å². The van der Waals surface area contributed by atoms with Crippen molar-refractivity contribution in [3.63, 3.8) is 0 Å². The zero-order valence-electron chi connectivity index (χ0n) is 13.2. The fraction of sp³-hybridized carbons (Fsp3) is 0.294. The second-order valence-corrected chi connectivity index (χ2v) is 5.01. The molecule has 24 heavy (non-hydrogen) atoms. The van der Waals surface area contributed by atoms with Gasteiger partial charge >= 0.3 is 0 Å². The molecule has 7 heteroatoms. The number of amides is 2. The van der Waals surface area contributed by atoms with Crippen LogP contribution in [0.4, 0.5) is 0 Å². The second kappa shape index (κ2) is 9.36. The number of carbonyl (C=O) groups excluding carboxylic acids is 2. The van der Waals surface area contributed by atoms with Gasteiger partial charge in [0.25, 0.3) is 5.91 Å². The largest absolute Gasteiger partial charge is 0.484 e. The molecule has 0 fully saturated rings. The van der Waals surface area contributed by atoms with Crippen LogP contribution in [0.1, 0.15) is 22.5 Å². The van der Waals surface area contributed by atoms with E-state index in [0.29, 0.717) is 37.5 Å². The molecule has 1 heterocycles. The van der Waals surface area contributed by atoms with Gasteiger partial charge in [-0.2, -0.15) is 0 Å². The van der Waals surface area contributed by atoms with Crippen LogP contribution < -0.4 is 15.8 Å². The van der Waals surface area contributed by atoms with Gasteiger partial charge in [0.05, 0.1) is 6.26 Å². The van der Waals surface area contributed by atoms with E-state index in [4.69, 9.17) is 19.6 Å². The van der Waals surface area contributed by atoms with Crippen molar-refractivity contribution in [2.75, 3.05) is 19.8 Å². The third-order valence-electron chi connectivity index (χ3n) is 3.12. The van der Waals surface area contributed by atoms with Crippen molar-refractivity contribution >= 4 is 11.8 Å². The molecule has 3 N–H and O–H groups in total. The highest BCUT2D eigenvalue weighted by molar-refractivity contribution is 5.92. The molecule has 2 amide bonds. The molecule has 0 aliphatic heterocycles. The van der Waals surface area contributed by atoms with Crippen LogP contribution in [0.3, 0.4) is 0 Å². The van der Waals surface area contributed by atoms with Crippen LogP contribution in [-0.2, 0) is 16.1 Å². The summed E-state index contributed by atoms with van der Waals surface area (Å²) in [5.41, 5.74) is 5.53. The quantitative estimate of drug-likeness (QED) is 0.641. The van der Waals surface area contributed by atoms with Crippen LogP contribution in [0.25, 0.3) is 0 Å². The lowest BCUT2D eigenvalue weighted by atomic mass is 10.2. The van der Waals surface area contributed by atoms with Crippen molar-refractivity contribution in [2.24, 2.45) is 5.73 Å². The molecule has 0 saturated carbocycles.